The smallest absolute Gasteiger partial charge is 0.266 e. The van der Waals surface area contributed by atoms with Crippen molar-refractivity contribution in [3.8, 4) is 0 Å². The third-order valence-electron chi connectivity index (χ3n) is 4.12. The fourth-order valence-electron chi connectivity index (χ4n) is 2.91. The molecule has 3 rings (SSSR count). The van der Waals surface area contributed by atoms with Crippen LogP contribution in [0.15, 0.2) is 17.8 Å². The van der Waals surface area contributed by atoms with Crippen molar-refractivity contribution >= 4 is 23.1 Å². The lowest BCUT2D eigenvalue weighted by Gasteiger charge is -2.33. The summed E-state index contributed by atoms with van der Waals surface area (Å²) >= 11 is 1.37. The van der Waals surface area contributed by atoms with Crippen LogP contribution in [-0.2, 0) is 5.54 Å². The summed E-state index contributed by atoms with van der Waals surface area (Å²) in [5.41, 5.74) is 2.11. The number of anilines is 1. The molecular formula is C15H19N5OS. The first kappa shape index (κ1) is 14.9. The van der Waals surface area contributed by atoms with E-state index in [9.17, 15) is 4.79 Å². The molecule has 22 heavy (non-hydrogen) atoms. The molecule has 1 aliphatic heterocycles. The largest absolute Gasteiger partial charge is 0.373 e. The number of carbonyl (C=O) groups excluding carboxylic acids is 1. The van der Waals surface area contributed by atoms with Crippen molar-refractivity contribution in [3.05, 3.63) is 34.2 Å². The van der Waals surface area contributed by atoms with E-state index in [1.54, 1.807) is 11.7 Å². The minimum atomic E-state index is -0.474. The zero-order chi connectivity index (χ0) is 15.7. The lowest BCUT2D eigenvalue weighted by Crippen LogP contribution is -2.44. The molecular weight excluding hydrogens is 298 g/mol. The predicted molar refractivity (Wildman–Crippen MR) is 86.1 cm³/mol. The van der Waals surface area contributed by atoms with Crippen LogP contribution in [0.4, 0.5) is 5.82 Å². The minimum absolute atomic E-state index is 0.0126. The second kappa shape index (κ2) is 5.64. The average molecular weight is 317 g/mol. The maximum Gasteiger partial charge on any atom is 0.266 e. The van der Waals surface area contributed by atoms with Crippen LogP contribution in [0.25, 0.3) is 0 Å². The third kappa shape index (κ3) is 2.45. The Kier molecular flexibility index (Phi) is 3.82. The van der Waals surface area contributed by atoms with Gasteiger partial charge in [-0.15, -0.1) is 11.3 Å². The van der Waals surface area contributed by atoms with Gasteiger partial charge in [-0.05, 0) is 26.7 Å². The first-order valence-corrected chi connectivity index (χ1v) is 8.17. The highest BCUT2D eigenvalue weighted by atomic mass is 32.1. The van der Waals surface area contributed by atoms with Crippen LogP contribution in [0.3, 0.4) is 0 Å². The zero-order valence-electron chi connectivity index (χ0n) is 13.0. The Balaban J connectivity index is 2.00. The van der Waals surface area contributed by atoms with Gasteiger partial charge in [0.1, 0.15) is 16.2 Å². The molecule has 2 aromatic heterocycles. The fraction of sp³-hybridized carbons (Fsp3) is 0.467. The first-order chi connectivity index (χ1) is 10.5. The summed E-state index contributed by atoms with van der Waals surface area (Å²) in [6, 6.07) is 1.90. The van der Waals surface area contributed by atoms with Gasteiger partial charge in [-0.3, -0.25) is 9.78 Å². The van der Waals surface area contributed by atoms with Crippen molar-refractivity contribution in [3.63, 3.8) is 0 Å². The number of hydrogen-bond acceptors (Lipinski definition) is 6. The van der Waals surface area contributed by atoms with Crippen LogP contribution in [-0.4, -0.2) is 39.4 Å². The lowest BCUT2D eigenvalue weighted by molar-refractivity contribution is 0.0608. The van der Waals surface area contributed by atoms with E-state index in [0.29, 0.717) is 10.7 Å². The molecule has 6 nitrogen and oxygen atoms in total. The Morgan fingerprint density at radius 3 is 2.95 bits per heavy atom. The molecule has 1 unspecified atom stereocenters. The Morgan fingerprint density at radius 2 is 2.27 bits per heavy atom. The van der Waals surface area contributed by atoms with Gasteiger partial charge in [0.25, 0.3) is 5.91 Å². The van der Waals surface area contributed by atoms with E-state index in [4.69, 9.17) is 0 Å². The molecule has 7 heteroatoms. The molecule has 3 heterocycles. The number of nitrogens with zero attached hydrogens (tertiary/aromatic N) is 4. The van der Waals surface area contributed by atoms with Gasteiger partial charge in [0.05, 0.1) is 11.7 Å². The predicted octanol–water partition coefficient (Wildman–Crippen LogP) is 2.43. The molecule has 1 atom stereocenters. The second-order valence-electron chi connectivity index (χ2n) is 5.67. The number of amides is 1. The molecule has 0 aliphatic carbocycles. The van der Waals surface area contributed by atoms with E-state index in [1.165, 1.54) is 11.3 Å². The van der Waals surface area contributed by atoms with Crippen molar-refractivity contribution in [2.75, 3.05) is 18.9 Å². The Hall–Kier alpha value is -2.02. The van der Waals surface area contributed by atoms with Crippen molar-refractivity contribution in [1.29, 1.82) is 0 Å². The summed E-state index contributed by atoms with van der Waals surface area (Å²) in [5.74, 6) is 1.49. The van der Waals surface area contributed by atoms with Gasteiger partial charge in [0, 0.05) is 25.4 Å². The SMILES string of the molecule is CNc1cc(C)nc(C2(C)CCCN2C(=O)c2cncs2)n1. The molecule has 1 N–H and O–H groups in total. The van der Waals surface area contributed by atoms with Crippen LogP contribution < -0.4 is 5.32 Å². The molecule has 2 aromatic rings. The van der Waals surface area contributed by atoms with Gasteiger partial charge in [-0.25, -0.2) is 9.97 Å². The van der Waals surface area contributed by atoms with Crippen LogP contribution in [0, 0.1) is 6.92 Å². The molecule has 0 saturated carbocycles. The maximum absolute atomic E-state index is 12.8. The van der Waals surface area contributed by atoms with Crippen LogP contribution in [0.5, 0.6) is 0 Å². The number of carbonyl (C=O) groups is 1. The highest BCUT2D eigenvalue weighted by Crippen LogP contribution is 2.38. The summed E-state index contributed by atoms with van der Waals surface area (Å²) in [5, 5.41) is 3.06. The van der Waals surface area contributed by atoms with E-state index in [2.05, 4.69) is 20.3 Å². The van der Waals surface area contributed by atoms with E-state index >= 15 is 0 Å². The topological polar surface area (TPSA) is 71.0 Å². The van der Waals surface area contributed by atoms with Gasteiger partial charge in [-0.2, -0.15) is 0 Å². The Bertz CT molecular complexity index is 687. The molecule has 1 saturated heterocycles. The van der Waals surface area contributed by atoms with Crippen molar-refractivity contribution in [1.82, 2.24) is 19.9 Å². The molecule has 0 bridgehead atoms. The maximum atomic E-state index is 12.8. The zero-order valence-corrected chi connectivity index (χ0v) is 13.8. The number of aryl methyl sites for hydroxylation is 1. The van der Waals surface area contributed by atoms with Gasteiger partial charge < -0.3 is 10.2 Å². The van der Waals surface area contributed by atoms with E-state index < -0.39 is 5.54 Å². The molecule has 116 valence electrons. The Morgan fingerprint density at radius 1 is 1.45 bits per heavy atom. The number of thiazole rings is 1. The van der Waals surface area contributed by atoms with Crippen molar-refractivity contribution < 1.29 is 4.79 Å². The van der Waals surface area contributed by atoms with Gasteiger partial charge in [-0.1, -0.05) is 0 Å². The number of nitrogens with one attached hydrogen (secondary N) is 1. The van der Waals surface area contributed by atoms with Crippen LogP contribution in [0.1, 0.15) is 41.0 Å². The van der Waals surface area contributed by atoms with Gasteiger partial charge in [0.2, 0.25) is 0 Å². The fourth-order valence-corrected chi connectivity index (χ4v) is 3.48. The van der Waals surface area contributed by atoms with Gasteiger partial charge in [0.15, 0.2) is 5.82 Å². The highest BCUT2D eigenvalue weighted by molar-refractivity contribution is 7.11. The molecule has 1 aliphatic rings. The molecule has 0 radical (unpaired) electrons. The summed E-state index contributed by atoms with van der Waals surface area (Å²) in [6.07, 6.45) is 3.44. The van der Waals surface area contributed by atoms with E-state index in [-0.39, 0.29) is 5.91 Å². The second-order valence-corrected chi connectivity index (χ2v) is 6.55. The monoisotopic (exact) mass is 317 g/mol. The lowest BCUT2D eigenvalue weighted by atomic mass is 9.97. The minimum Gasteiger partial charge on any atom is -0.373 e. The quantitative estimate of drug-likeness (QED) is 0.941. The first-order valence-electron chi connectivity index (χ1n) is 7.29. The average Bonchev–Trinajstić information content (AvgIpc) is 3.16. The third-order valence-corrected chi connectivity index (χ3v) is 4.88. The van der Waals surface area contributed by atoms with Crippen LogP contribution >= 0.6 is 11.3 Å². The number of hydrogen-bond donors (Lipinski definition) is 1. The molecule has 0 spiro atoms. The summed E-state index contributed by atoms with van der Waals surface area (Å²) in [7, 11) is 1.84. The number of rotatable bonds is 3. The highest BCUT2D eigenvalue weighted by Gasteiger charge is 2.44. The van der Waals surface area contributed by atoms with E-state index in [0.717, 1.165) is 30.9 Å². The molecule has 1 fully saturated rings. The summed E-state index contributed by atoms with van der Waals surface area (Å²) < 4.78 is 0. The number of aromatic nitrogens is 3. The number of likely N-dealkylation sites (tertiary alicyclic amines) is 1. The van der Waals surface area contributed by atoms with Gasteiger partial charge >= 0.3 is 0 Å². The summed E-state index contributed by atoms with van der Waals surface area (Å²) in [6.45, 7) is 4.71. The standard InChI is InChI=1S/C15H19N5OS/c1-10-7-12(16-3)19-14(18-10)15(2)5-4-6-20(15)13(21)11-8-17-9-22-11/h7-9H,4-6H2,1-3H3,(H,16,18,19). The molecule has 0 aromatic carbocycles. The Labute approximate surface area is 133 Å². The summed E-state index contributed by atoms with van der Waals surface area (Å²) in [4.78, 5) is 28.5. The molecule has 1 amide bonds. The van der Waals surface area contributed by atoms with Crippen molar-refractivity contribution in [2.45, 2.75) is 32.2 Å². The van der Waals surface area contributed by atoms with Crippen LogP contribution in [0.2, 0.25) is 0 Å². The van der Waals surface area contributed by atoms with E-state index in [1.807, 2.05) is 31.9 Å². The van der Waals surface area contributed by atoms with Crippen molar-refractivity contribution in [2.24, 2.45) is 0 Å². The normalized spacial score (nSPS) is 21.1.